The molecule has 0 aliphatic heterocycles. The van der Waals surface area contributed by atoms with Gasteiger partial charge in [-0.2, -0.15) is 0 Å². The van der Waals surface area contributed by atoms with Crippen molar-refractivity contribution < 1.29 is 19.0 Å². The lowest BCUT2D eigenvalue weighted by Gasteiger charge is -2.12. The van der Waals surface area contributed by atoms with E-state index in [0.717, 1.165) is 6.07 Å². The van der Waals surface area contributed by atoms with Gasteiger partial charge in [-0.25, -0.2) is 8.78 Å². The molecular weight excluding hydrogens is 238 g/mol. The van der Waals surface area contributed by atoms with E-state index in [1.165, 1.54) is 24.3 Å². The summed E-state index contributed by atoms with van der Waals surface area (Å²) in [5.74, 6) is -1.95. The van der Waals surface area contributed by atoms with Crippen LogP contribution in [0.3, 0.4) is 0 Å². The van der Waals surface area contributed by atoms with E-state index in [2.05, 4.69) is 0 Å². The molecule has 2 nitrogen and oxygen atoms in total. The highest BCUT2D eigenvalue weighted by molar-refractivity contribution is 5.29. The highest BCUT2D eigenvalue weighted by atomic mass is 19.2. The molecule has 0 saturated carbocycles. The van der Waals surface area contributed by atoms with Crippen LogP contribution in [0.2, 0.25) is 0 Å². The van der Waals surface area contributed by atoms with Crippen molar-refractivity contribution >= 4 is 0 Å². The van der Waals surface area contributed by atoms with E-state index in [1.54, 1.807) is 12.1 Å². The van der Waals surface area contributed by atoms with Crippen LogP contribution in [0.1, 0.15) is 17.2 Å². The standard InChI is InChI=1S/C14H12F2O2/c15-12-6-2-5-11(14(12)16)13(18)8-9-3-1-4-10(17)7-9/h1-7,13,17-18H,8H2. The van der Waals surface area contributed by atoms with Crippen molar-refractivity contribution in [1.82, 2.24) is 0 Å². The molecule has 2 N–H and O–H groups in total. The van der Waals surface area contributed by atoms with Gasteiger partial charge in [-0.1, -0.05) is 24.3 Å². The molecule has 0 radical (unpaired) electrons. The first-order valence-electron chi connectivity index (χ1n) is 5.48. The number of phenolic OH excluding ortho intramolecular Hbond substituents is 1. The van der Waals surface area contributed by atoms with Crippen molar-refractivity contribution in [2.24, 2.45) is 0 Å². The van der Waals surface area contributed by atoms with E-state index in [0.29, 0.717) is 5.56 Å². The fourth-order valence-electron chi connectivity index (χ4n) is 1.79. The molecule has 1 atom stereocenters. The third-order valence-electron chi connectivity index (χ3n) is 2.68. The molecule has 1 unspecified atom stereocenters. The maximum atomic E-state index is 13.4. The summed E-state index contributed by atoms with van der Waals surface area (Å²) in [6.45, 7) is 0. The lowest BCUT2D eigenvalue weighted by Crippen LogP contribution is -2.05. The molecule has 94 valence electrons. The second-order valence-electron chi connectivity index (χ2n) is 4.03. The predicted molar refractivity (Wildman–Crippen MR) is 63.1 cm³/mol. The zero-order valence-corrected chi connectivity index (χ0v) is 9.48. The number of hydrogen-bond donors (Lipinski definition) is 2. The van der Waals surface area contributed by atoms with Crippen LogP contribution < -0.4 is 0 Å². The number of aromatic hydroxyl groups is 1. The first-order chi connectivity index (χ1) is 8.58. The summed E-state index contributed by atoms with van der Waals surface area (Å²) in [5.41, 5.74) is 0.560. The summed E-state index contributed by atoms with van der Waals surface area (Å²) in [6, 6.07) is 9.98. The number of rotatable bonds is 3. The fourth-order valence-corrected chi connectivity index (χ4v) is 1.79. The first-order valence-corrected chi connectivity index (χ1v) is 5.48. The summed E-state index contributed by atoms with van der Waals surface area (Å²) < 4.78 is 26.5. The number of benzene rings is 2. The van der Waals surface area contributed by atoms with Crippen LogP contribution >= 0.6 is 0 Å². The monoisotopic (exact) mass is 250 g/mol. The Labute approximate surface area is 103 Å². The van der Waals surface area contributed by atoms with Crippen LogP contribution in [0.5, 0.6) is 5.75 Å². The van der Waals surface area contributed by atoms with Gasteiger partial charge < -0.3 is 10.2 Å². The number of aliphatic hydroxyl groups is 1. The van der Waals surface area contributed by atoms with Crippen LogP contribution in [-0.4, -0.2) is 10.2 Å². The quantitative estimate of drug-likeness (QED) is 0.879. The zero-order valence-electron chi connectivity index (χ0n) is 9.48. The molecule has 2 aromatic carbocycles. The van der Waals surface area contributed by atoms with E-state index in [-0.39, 0.29) is 17.7 Å². The average Bonchev–Trinajstić information content (AvgIpc) is 2.32. The van der Waals surface area contributed by atoms with Crippen LogP contribution in [0.25, 0.3) is 0 Å². The van der Waals surface area contributed by atoms with Gasteiger partial charge in [-0.15, -0.1) is 0 Å². The highest BCUT2D eigenvalue weighted by Crippen LogP contribution is 2.23. The lowest BCUT2D eigenvalue weighted by atomic mass is 10.0. The normalized spacial score (nSPS) is 12.4. The SMILES string of the molecule is Oc1cccc(CC(O)c2cccc(F)c2F)c1. The highest BCUT2D eigenvalue weighted by Gasteiger charge is 2.16. The largest absolute Gasteiger partial charge is 0.508 e. The molecule has 0 bridgehead atoms. The van der Waals surface area contributed by atoms with Crippen molar-refractivity contribution in [3.05, 3.63) is 65.2 Å². The molecule has 0 amide bonds. The molecule has 18 heavy (non-hydrogen) atoms. The summed E-state index contributed by atoms with van der Waals surface area (Å²) in [6.07, 6.45) is -1.04. The smallest absolute Gasteiger partial charge is 0.164 e. The molecule has 0 spiro atoms. The number of halogens is 2. The van der Waals surface area contributed by atoms with Crippen LogP contribution in [-0.2, 0) is 6.42 Å². The van der Waals surface area contributed by atoms with Crippen molar-refractivity contribution in [1.29, 1.82) is 0 Å². The topological polar surface area (TPSA) is 40.5 Å². The van der Waals surface area contributed by atoms with Gasteiger partial charge in [0.1, 0.15) is 5.75 Å². The maximum Gasteiger partial charge on any atom is 0.164 e. The summed E-state index contributed by atoms with van der Waals surface area (Å²) >= 11 is 0. The number of phenols is 1. The van der Waals surface area contributed by atoms with Crippen LogP contribution in [0.15, 0.2) is 42.5 Å². The van der Waals surface area contributed by atoms with E-state index >= 15 is 0 Å². The van der Waals surface area contributed by atoms with Gasteiger partial charge >= 0.3 is 0 Å². The molecule has 0 saturated heterocycles. The van der Waals surface area contributed by atoms with Gasteiger partial charge in [0, 0.05) is 12.0 Å². The van der Waals surface area contributed by atoms with Gasteiger partial charge in [0.2, 0.25) is 0 Å². The molecule has 4 heteroatoms. The number of hydrogen-bond acceptors (Lipinski definition) is 2. The van der Waals surface area contributed by atoms with Gasteiger partial charge in [0.25, 0.3) is 0 Å². The summed E-state index contributed by atoms with van der Waals surface area (Å²) in [7, 11) is 0. The van der Waals surface area contributed by atoms with E-state index in [9.17, 15) is 19.0 Å². The lowest BCUT2D eigenvalue weighted by molar-refractivity contribution is 0.172. The van der Waals surface area contributed by atoms with Crippen LogP contribution in [0.4, 0.5) is 8.78 Å². The Hall–Kier alpha value is -1.94. The third-order valence-corrected chi connectivity index (χ3v) is 2.68. The molecule has 0 heterocycles. The maximum absolute atomic E-state index is 13.4. The Bertz CT molecular complexity index is 555. The molecule has 0 aliphatic rings. The summed E-state index contributed by atoms with van der Waals surface area (Å²) in [5, 5.41) is 19.2. The second-order valence-corrected chi connectivity index (χ2v) is 4.03. The minimum absolute atomic E-state index is 0.0689. The molecule has 0 fully saturated rings. The molecular formula is C14H12F2O2. The minimum atomic E-state index is -1.15. The fraction of sp³-hybridized carbons (Fsp3) is 0.143. The number of aliphatic hydroxyl groups excluding tert-OH is 1. The van der Waals surface area contributed by atoms with E-state index < -0.39 is 17.7 Å². The van der Waals surface area contributed by atoms with Crippen molar-refractivity contribution in [3.63, 3.8) is 0 Å². The van der Waals surface area contributed by atoms with E-state index in [4.69, 9.17) is 0 Å². The van der Waals surface area contributed by atoms with E-state index in [1.807, 2.05) is 0 Å². The van der Waals surface area contributed by atoms with Crippen molar-refractivity contribution in [2.75, 3.05) is 0 Å². The van der Waals surface area contributed by atoms with Gasteiger partial charge in [0.05, 0.1) is 6.10 Å². The van der Waals surface area contributed by atoms with Gasteiger partial charge in [0.15, 0.2) is 11.6 Å². The molecule has 2 rings (SSSR count). The van der Waals surface area contributed by atoms with Gasteiger partial charge in [-0.05, 0) is 23.8 Å². The Morgan fingerprint density at radius 1 is 1.06 bits per heavy atom. The Balaban J connectivity index is 2.22. The Morgan fingerprint density at radius 3 is 2.50 bits per heavy atom. The van der Waals surface area contributed by atoms with Crippen molar-refractivity contribution in [3.8, 4) is 5.75 Å². The van der Waals surface area contributed by atoms with Crippen LogP contribution in [0, 0.1) is 11.6 Å². The Kier molecular flexibility index (Phi) is 3.58. The average molecular weight is 250 g/mol. The molecule has 0 aromatic heterocycles. The first kappa shape index (κ1) is 12.5. The molecule has 2 aromatic rings. The second kappa shape index (κ2) is 5.14. The molecule has 0 aliphatic carbocycles. The third kappa shape index (κ3) is 2.65. The predicted octanol–water partition coefficient (Wildman–Crippen LogP) is 2.95. The zero-order chi connectivity index (χ0) is 13.1. The van der Waals surface area contributed by atoms with Crippen molar-refractivity contribution in [2.45, 2.75) is 12.5 Å². The minimum Gasteiger partial charge on any atom is -0.508 e. The van der Waals surface area contributed by atoms with Gasteiger partial charge in [-0.3, -0.25) is 0 Å². The Morgan fingerprint density at radius 2 is 1.78 bits per heavy atom. The summed E-state index contributed by atoms with van der Waals surface area (Å²) in [4.78, 5) is 0.